The Morgan fingerprint density at radius 3 is 2.76 bits per heavy atom. The number of hydrogen-bond donors (Lipinski definition) is 3. The number of carboxylic acid groups (broad SMARTS) is 1. The Morgan fingerprint density at radius 2 is 2.06 bits per heavy atom. The number of rotatable bonds is 4. The Morgan fingerprint density at radius 1 is 1.29 bits per heavy atom. The van der Waals surface area contributed by atoms with E-state index in [0.717, 1.165) is 10.9 Å². The van der Waals surface area contributed by atoms with Gasteiger partial charge in [0.15, 0.2) is 11.9 Å². The summed E-state index contributed by atoms with van der Waals surface area (Å²) in [5.74, 6) is -1.77. The summed E-state index contributed by atoms with van der Waals surface area (Å²) < 4.78 is 0. The first-order valence-electron chi connectivity index (χ1n) is 5.09. The lowest BCUT2D eigenvalue weighted by atomic mass is 10.0. The summed E-state index contributed by atoms with van der Waals surface area (Å²) in [7, 11) is 0. The van der Waals surface area contributed by atoms with Gasteiger partial charge in [0, 0.05) is 29.1 Å². The first-order valence-corrected chi connectivity index (χ1v) is 5.09. The van der Waals surface area contributed by atoms with Gasteiger partial charge in [0.05, 0.1) is 0 Å². The predicted molar refractivity (Wildman–Crippen MR) is 60.9 cm³/mol. The number of H-pyrrole nitrogens is 1. The van der Waals surface area contributed by atoms with Crippen molar-refractivity contribution in [1.82, 2.24) is 4.98 Å². The largest absolute Gasteiger partial charge is 0.479 e. The number of aliphatic hydroxyl groups is 1. The number of carbonyl (C=O) groups excluding carboxylic acids is 1. The van der Waals surface area contributed by atoms with E-state index < -0.39 is 18.5 Å². The van der Waals surface area contributed by atoms with Gasteiger partial charge in [0.1, 0.15) is 0 Å². The molecule has 2 aromatic rings. The van der Waals surface area contributed by atoms with Crippen LogP contribution in [0, 0.1) is 0 Å². The van der Waals surface area contributed by atoms with Crippen LogP contribution in [0.5, 0.6) is 0 Å². The van der Waals surface area contributed by atoms with Crippen LogP contribution in [-0.4, -0.2) is 33.1 Å². The van der Waals surface area contributed by atoms with Crippen molar-refractivity contribution in [3.05, 3.63) is 36.0 Å². The monoisotopic (exact) mass is 233 g/mol. The zero-order valence-corrected chi connectivity index (χ0v) is 8.88. The average molecular weight is 233 g/mol. The van der Waals surface area contributed by atoms with Crippen LogP contribution in [0.3, 0.4) is 0 Å². The van der Waals surface area contributed by atoms with Crippen molar-refractivity contribution in [1.29, 1.82) is 0 Å². The van der Waals surface area contributed by atoms with Crippen LogP contribution in [0.1, 0.15) is 16.8 Å². The normalized spacial score (nSPS) is 12.5. The van der Waals surface area contributed by atoms with Crippen molar-refractivity contribution in [2.24, 2.45) is 0 Å². The van der Waals surface area contributed by atoms with Gasteiger partial charge in [-0.15, -0.1) is 0 Å². The van der Waals surface area contributed by atoms with E-state index in [0.29, 0.717) is 5.56 Å². The van der Waals surface area contributed by atoms with E-state index in [4.69, 9.17) is 10.2 Å². The molecular formula is C12H11NO4. The number of nitrogens with one attached hydrogen (secondary N) is 1. The SMILES string of the molecule is O=C(CC(O)C(=O)O)c1ccc2[nH]ccc2c1. The molecule has 0 saturated carbocycles. The minimum atomic E-state index is -1.65. The van der Waals surface area contributed by atoms with Gasteiger partial charge in [0.2, 0.25) is 0 Å². The number of aromatic amines is 1. The van der Waals surface area contributed by atoms with Gasteiger partial charge in [0.25, 0.3) is 0 Å². The number of aromatic nitrogens is 1. The molecule has 0 aliphatic carbocycles. The molecule has 88 valence electrons. The third kappa shape index (κ3) is 2.34. The van der Waals surface area contributed by atoms with Crippen LogP contribution in [0.2, 0.25) is 0 Å². The Bertz CT molecular complexity index is 573. The van der Waals surface area contributed by atoms with E-state index >= 15 is 0 Å². The molecule has 1 unspecified atom stereocenters. The molecular weight excluding hydrogens is 222 g/mol. The molecule has 1 atom stereocenters. The van der Waals surface area contributed by atoms with E-state index in [1.165, 1.54) is 0 Å². The number of Topliss-reactive ketones (excluding diaryl/α,β-unsaturated/α-hetero) is 1. The van der Waals surface area contributed by atoms with Gasteiger partial charge in [-0.2, -0.15) is 0 Å². The van der Waals surface area contributed by atoms with Crippen LogP contribution >= 0.6 is 0 Å². The molecule has 0 bridgehead atoms. The Labute approximate surface area is 96.7 Å². The van der Waals surface area contributed by atoms with Gasteiger partial charge in [-0.05, 0) is 24.3 Å². The summed E-state index contributed by atoms with van der Waals surface area (Å²) in [6.45, 7) is 0. The maximum Gasteiger partial charge on any atom is 0.332 e. The van der Waals surface area contributed by atoms with Gasteiger partial charge < -0.3 is 15.2 Å². The van der Waals surface area contributed by atoms with Crippen molar-refractivity contribution in [3.8, 4) is 0 Å². The van der Waals surface area contributed by atoms with E-state index in [1.807, 2.05) is 6.07 Å². The zero-order chi connectivity index (χ0) is 12.4. The number of aliphatic carboxylic acids is 1. The molecule has 1 aromatic carbocycles. The molecule has 0 aliphatic heterocycles. The highest BCUT2D eigenvalue weighted by atomic mass is 16.4. The topological polar surface area (TPSA) is 90.4 Å². The van der Waals surface area contributed by atoms with Crippen molar-refractivity contribution in [2.75, 3.05) is 0 Å². The number of benzene rings is 1. The Balaban J connectivity index is 2.21. The molecule has 3 N–H and O–H groups in total. The van der Waals surface area contributed by atoms with Gasteiger partial charge in [-0.3, -0.25) is 4.79 Å². The summed E-state index contributed by atoms with van der Waals surface area (Å²) in [6.07, 6.45) is -0.305. The van der Waals surface area contributed by atoms with Crippen LogP contribution < -0.4 is 0 Å². The number of aliphatic hydroxyl groups excluding tert-OH is 1. The molecule has 1 aromatic heterocycles. The molecule has 0 aliphatic rings. The van der Waals surface area contributed by atoms with Crippen LogP contribution in [0.15, 0.2) is 30.5 Å². The molecule has 0 radical (unpaired) electrons. The first kappa shape index (κ1) is 11.3. The number of carbonyl (C=O) groups is 2. The Hall–Kier alpha value is -2.14. The minimum absolute atomic E-state index is 0.386. The number of hydrogen-bond acceptors (Lipinski definition) is 3. The van der Waals surface area contributed by atoms with Crippen LogP contribution in [0.4, 0.5) is 0 Å². The van der Waals surface area contributed by atoms with Crippen molar-refractivity contribution in [3.63, 3.8) is 0 Å². The quantitative estimate of drug-likeness (QED) is 0.692. The highest BCUT2D eigenvalue weighted by Crippen LogP contribution is 2.16. The maximum atomic E-state index is 11.7. The van der Waals surface area contributed by atoms with Gasteiger partial charge >= 0.3 is 5.97 Å². The fraction of sp³-hybridized carbons (Fsp3) is 0.167. The highest BCUT2D eigenvalue weighted by Gasteiger charge is 2.18. The van der Waals surface area contributed by atoms with Crippen molar-refractivity contribution < 1.29 is 19.8 Å². The Kier molecular flexibility index (Phi) is 2.93. The number of fused-ring (bicyclic) bond motifs is 1. The standard InChI is InChI=1S/C12H11NO4/c14-10(6-11(15)12(16)17)8-1-2-9-7(5-8)3-4-13-9/h1-5,11,13,15H,6H2,(H,16,17). The molecule has 1 heterocycles. The summed E-state index contributed by atoms with van der Waals surface area (Å²) in [5.41, 5.74) is 1.30. The molecule has 0 fully saturated rings. The first-order chi connectivity index (χ1) is 8.08. The minimum Gasteiger partial charge on any atom is -0.479 e. The fourth-order valence-electron chi connectivity index (χ4n) is 1.61. The van der Waals surface area contributed by atoms with E-state index in [2.05, 4.69) is 4.98 Å². The summed E-state index contributed by atoms with van der Waals surface area (Å²) >= 11 is 0. The molecule has 5 heteroatoms. The van der Waals surface area contributed by atoms with Crippen molar-refractivity contribution in [2.45, 2.75) is 12.5 Å². The number of carboxylic acids is 1. The van der Waals surface area contributed by atoms with E-state index in [9.17, 15) is 9.59 Å². The number of ketones is 1. The molecule has 2 rings (SSSR count). The highest BCUT2D eigenvalue weighted by molar-refractivity contribution is 6.01. The molecule has 0 spiro atoms. The van der Waals surface area contributed by atoms with Gasteiger partial charge in [-0.1, -0.05) is 0 Å². The summed E-state index contributed by atoms with van der Waals surface area (Å²) in [4.78, 5) is 25.1. The maximum absolute atomic E-state index is 11.7. The van der Waals surface area contributed by atoms with Crippen LogP contribution in [-0.2, 0) is 4.79 Å². The zero-order valence-electron chi connectivity index (χ0n) is 8.88. The van der Waals surface area contributed by atoms with Gasteiger partial charge in [-0.25, -0.2) is 4.79 Å². The van der Waals surface area contributed by atoms with E-state index in [-0.39, 0.29) is 5.78 Å². The third-order valence-electron chi connectivity index (χ3n) is 2.54. The molecule has 0 saturated heterocycles. The molecule has 17 heavy (non-hydrogen) atoms. The van der Waals surface area contributed by atoms with Crippen molar-refractivity contribution >= 4 is 22.7 Å². The molecule has 5 nitrogen and oxygen atoms in total. The summed E-state index contributed by atoms with van der Waals surface area (Å²) in [5, 5.41) is 18.5. The lowest BCUT2D eigenvalue weighted by Crippen LogP contribution is -2.23. The molecule has 0 amide bonds. The summed E-state index contributed by atoms with van der Waals surface area (Å²) in [6, 6.07) is 6.84. The second-order valence-electron chi connectivity index (χ2n) is 3.76. The second kappa shape index (κ2) is 4.39. The second-order valence-corrected chi connectivity index (χ2v) is 3.76. The van der Waals surface area contributed by atoms with Crippen LogP contribution in [0.25, 0.3) is 10.9 Å². The predicted octanol–water partition coefficient (Wildman–Crippen LogP) is 1.19. The smallest absolute Gasteiger partial charge is 0.332 e. The van der Waals surface area contributed by atoms with E-state index in [1.54, 1.807) is 24.4 Å². The lowest BCUT2D eigenvalue weighted by molar-refractivity contribution is -0.146. The third-order valence-corrected chi connectivity index (χ3v) is 2.54. The fourth-order valence-corrected chi connectivity index (χ4v) is 1.61. The average Bonchev–Trinajstić information content (AvgIpc) is 2.75. The lowest BCUT2D eigenvalue weighted by Gasteiger charge is -2.04.